The molecule has 0 radical (unpaired) electrons. The molecule has 0 aliphatic heterocycles. The molecule has 2 rings (SSSR count). The fourth-order valence-electron chi connectivity index (χ4n) is 2.14. The molecule has 20 heavy (non-hydrogen) atoms. The van der Waals surface area contributed by atoms with Crippen molar-refractivity contribution in [1.29, 1.82) is 0 Å². The summed E-state index contributed by atoms with van der Waals surface area (Å²) >= 11 is 0. The van der Waals surface area contributed by atoms with Crippen LogP contribution in [-0.2, 0) is 0 Å². The molecule has 2 aromatic carbocycles. The summed E-state index contributed by atoms with van der Waals surface area (Å²) in [5.74, 6) is 1.02. The number of ketones is 1. The maximum absolute atomic E-state index is 12.0. The SMILES string of the molecule is CCCOc1cccc(-c2ccccc2C(=O)CC)c1. The molecular weight excluding hydrogens is 248 g/mol. The van der Waals surface area contributed by atoms with E-state index in [1.165, 1.54) is 0 Å². The average molecular weight is 268 g/mol. The highest BCUT2D eigenvalue weighted by molar-refractivity contribution is 6.02. The predicted molar refractivity (Wildman–Crippen MR) is 82.3 cm³/mol. The van der Waals surface area contributed by atoms with Gasteiger partial charge in [0.05, 0.1) is 6.61 Å². The number of rotatable bonds is 6. The van der Waals surface area contributed by atoms with Crippen LogP contribution >= 0.6 is 0 Å². The molecular formula is C18H20O2. The standard InChI is InChI=1S/C18H20O2/c1-3-12-20-15-9-7-8-14(13-15)16-10-5-6-11-17(16)18(19)4-2/h5-11,13H,3-4,12H2,1-2H3. The van der Waals surface area contributed by atoms with Gasteiger partial charge in [-0.15, -0.1) is 0 Å². The lowest BCUT2D eigenvalue weighted by Gasteiger charge is -2.10. The van der Waals surface area contributed by atoms with Crippen LogP contribution in [0.2, 0.25) is 0 Å². The zero-order chi connectivity index (χ0) is 14.4. The number of hydrogen-bond donors (Lipinski definition) is 0. The summed E-state index contributed by atoms with van der Waals surface area (Å²) in [7, 11) is 0. The zero-order valence-electron chi connectivity index (χ0n) is 12.1. The van der Waals surface area contributed by atoms with Gasteiger partial charge in [0.1, 0.15) is 5.75 Å². The van der Waals surface area contributed by atoms with Gasteiger partial charge in [0.15, 0.2) is 5.78 Å². The van der Waals surface area contributed by atoms with Gasteiger partial charge in [-0.05, 0) is 29.7 Å². The van der Waals surface area contributed by atoms with E-state index in [9.17, 15) is 4.79 Å². The monoisotopic (exact) mass is 268 g/mol. The largest absolute Gasteiger partial charge is 0.494 e. The smallest absolute Gasteiger partial charge is 0.163 e. The fraction of sp³-hybridized carbons (Fsp3) is 0.278. The predicted octanol–water partition coefficient (Wildman–Crippen LogP) is 4.74. The normalized spacial score (nSPS) is 10.3. The molecule has 0 fully saturated rings. The first-order valence-electron chi connectivity index (χ1n) is 7.11. The maximum Gasteiger partial charge on any atom is 0.163 e. The topological polar surface area (TPSA) is 26.3 Å². The van der Waals surface area contributed by atoms with Gasteiger partial charge >= 0.3 is 0 Å². The van der Waals surface area contributed by atoms with E-state index in [1.807, 2.05) is 55.5 Å². The molecule has 0 aliphatic rings. The Balaban J connectivity index is 2.38. The van der Waals surface area contributed by atoms with Gasteiger partial charge in [0.25, 0.3) is 0 Å². The molecule has 0 heterocycles. The Bertz CT molecular complexity index is 587. The number of hydrogen-bond acceptors (Lipinski definition) is 2. The Kier molecular flexibility index (Phi) is 4.94. The van der Waals surface area contributed by atoms with Crippen LogP contribution in [0.1, 0.15) is 37.0 Å². The second kappa shape index (κ2) is 6.90. The molecule has 0 amide bonds. The summed E-state index contributed by atoms with van der Waals surface area (Å²) in [5, 5.41) is 0. The quantitative estimate of drug-likeness (QED) is 0.708. The summed E-state index contributed by atoms with van der Waals surface area (Å²) in [6.45, 7) is 4.68. The summed E-state index contributed by atoms with van der Waals surface area (Å²) in [5.41, 5.74) is 2.78. The first kappa shape index (κ1) is 14.3. The highest BCUT2D eigenvalue weighted by Crippen LogP contribution is 2.27. The molecule has 2 heteroatoms. The average Bonchev–Trinajstić information content (AvgIpc) is 2.52. The van der Waals surface area contributed by atoms with Crippen molar-refractivity contribution in [2.45, 2.75) is 26.7 Å². The lowest BCUT2D eigenvalue weighted by molar-refractivity contribution is 0.0989. The van der Waals surface area contributed by atoms with Gasteiger partial charge < -0.3 is 4.74 Å². The molecule has 0 saturated heterocycles. The Hall–Kier alpha value is -2.09. The van der Waals surface area contributed by atoms with E-state index in [2.05, 4.69) is 6.92 Å². The number of benzene rings is 2. The molecule has 2 aromatic rings. The molecule has 0 saturated carbocycles. The first-order valence-corrected chi connectivity index (χ1v) is 7.11. The van der Waals surface area contributed by atoms with Crippen LogP contribution in [0.25, 0.3) is 11.1 Å². The van der Waals surface area contributed by atoms with Crippen LogP contribution in [-0.4, -0.2) is 12.4 Å². The van der Waals surface area contributed by atoms with Crippen molar-refractivity contribution in [3.05, 3.63) is 54.1 Å². The number of carbonyl (C=O) groups excluding carboxylic acids is 1. The van der Waals surface area contributed by atoms with Crippen LogP contribution in [0.4, 0.5) is 0 Å². The van der Waals surface area contributed by atoms with Gasteiger partial charge in [-0.25, -0.2) is 0 Å². The first-order chi connectivity index (χ1) is 9.76. The van der Waals surface area contributed by atoms with Gasteiger partial charge in [-0.3, -0.25) is 4.79 Å². The molecule has 2 nitrogen and oxygen atoms in total. The third-order valence-corrected chi connectivity index (χ3v) is 3.17. The highest BCUT2D eigenvalue weighted by Gasteiger charge is 2.10. The van der Waals surface area contributed by atoms with Gasteiger partial charge in [0, 0.05) is 12.0 Å². The number of carbonyl (C=O) groups is 1. The second-order valence-electron chi connectivity index (χ2n) is 4.70. The van der Waals surface area contributed by atoms with Crippen LogP contribution < -0.4 is 4.74 Å². The number of Topliss-reactive ketones (excluding diaryl/α,β-unsaturated/α-hetero) is 1. The van der Waals surface area contributed by atoms with Crippen molar-refractivity contribution in [2.24, 2.45) is 0 Å². The summed E-state index contributed by atoms with van der Waals surface area (Å²) in [6.07, 6.45) is 1.50. The Morgan fingerprint density at radius 1 is 1.05 bits per heavy atom. The van der Waals surface area contributed by atoms with Gasteiger partial charge in [0.2, 0.25) is 0 Å². The molecule has 104 valence electrons. The minimum atomic E-state index is 0.167. The maximum atomic E-state index is 12.0. The molecule has 0 aromatic heterocycles. The van der Waals surface area contributed by atoms with E-state index in [0.717, 1.165) is 28.9 Å². The molecule has 0 bridgehead atoms. The lowest BCUT2D eigenvalue weighted by atomic mass is 9.96. The van der Waals surface area contributed by atoms with E-state index >= 15 is 0 Å². The molecule has 0 aliphatic carbocycles. The van der Waals surface area contributed by atoms with Crippen molar-refractivity contribution in [3.8, 4) is 16.9 Å². The third-order valence-electron chi connectivity index (χ3n) is 3.17. The molecule has 0 N–H and O–H groups in total. The summed E-state index contributed by atoms with van der Waals surface area (Å²) < 4.78 is 5.66. The summed E-state index contributed by atoms with van der Waals surface area (Å²) in [4.78, 5) is 12.0. The molecule has 0 spiro atoms. The summed E-state index contributed by atoms with van der Waals surface area (Å²) in [6, 6.07) is 15.7. The highest BCUT2D eigenvalue weighted by atomic mass is 16.5. The second-order valence-corrected chi connectivity index (χ2v) is 4.70. The van der Waals surface area contributed by atoms with Crippen molar-refractivity contribution in [1.82, 2.24) is 0 Å². The Morgan fingerprint density at radius 2 is 1.85 bits per heavy atom. The van der Waals surface area contributed by atoms with Crippen LogP contribution in [0.5, 0.6) is 5.75 Å². The van der Waals surface area contributed by atoms with Crippen molar-refractivity contribution >= 4 is 5.78 Å². The molecule has 0 atom stereocenters. The lowest BCUT2D eigenvalue weighted by Crippen LogP contribution is -2.00. The van der Waals surface area contributed by atoms with E-state index in [-0.39, 0.29) is 5.78 Å². The van der Waals surface area contributed by atoms with Crippen LogP contribution in [0.3, 0.4) is 0 Å². The van der Waals surface area contributed by atoms with E-state index in [0.29, 0.717) is 13.0 Å². The van der Waals surface area contributed by atoms with Crippen LogP contribution in [0, 0.1) is 0 Å². The van der Waals surface area contributed by atoms with Crippen molar-refractivity contribution in [3.63, 3.8) is 0 Å². The van der Waals surface area contributed by atoms with E-state index < -0.39 is 0 Å². The van der Waals surface area contributed by atoms with E-state index in [1.54, 1.807) is 0 Å². The van der Waals surface area contributed by atoms with Crippen LogP contribution in [0.15, 0.2) is 48.5 Å². The van der Waals surface area contributed by atoms with E-state index in [4.69, 9.17) is 4.74 Å². The molecule has 0 unspecified atom stereocenters. The van der Waals surface area contributed by atoms with Crippen molar-refractivity contribution in [2.75, 3.05) is 6.61 Å². The number of ether oxygens (including phenoxy) is 1. The zero-order valence-corrected chi connectivity index (χ0v) is 12.1. The Labute approximate surface area is 120 Å². The third kappa shape index (κ3) is 3.27. The minimum absolute atomic E-state index is 0.167. The van der Waals surface area contributed by atoms with Gasteiger partial charge in [-0.1, -0.05) is 50.2 Å². The minimum Gasteiger partial charge on any atom is -0.494 e. The van der Waals surface area contributed by atoms with Gasteiger partial charge in [-0.2, -0.15) is 0 Å². The van der Waals surface area contributed by atoms with Crippen molar-refractivity contribution < 1.29 is 9.53 Å². The Morgan fingerprint density at radius 3 is 2.60 bits per heavy atom. The fourth-order valence-corrected chi connectivity index (χ4v) is 2.14.